The van der Waals surface area contributed by atoms with Crippen LogP contribution in [0.15, 0.2) is 36.0 Å². The summed E-state index contributed by atoms with van der Waals surface area (Å²) in [7, 11) is 0. The van der Waals surface area contributed by atoms with Crippen molar-refractivity contribution in [3.8, 4) is 6.07 Å². The van der Waals surface area contributed by atoms with E-state index in [4.69, 9.17) is 0 Å². The molecule has 4 nitrogen and oxygen atoms in total. The fourth-order valence-electron chi connectivity index (χ4n) is 2.88. The normalized spacial score (nSPS) is 15.5. The average Bonchev–Trinajstić information content (AvgIpc) is 2.87. The molecule has 0 saturated carbocycles. The third kappa shape index (κ3) is 5.73. The van der Waals surface area contributed by atoms with E-state index in [0.29, 0.717) is 0 Å². The van der Waals surface area contributed by atoms with Gasteiger partial charge in [-0.2, -0.15) is 5.26 Å². The summed E-state index contributed by atoms with van der Waals surface area (Å²) in [6.07, 6.45) is 9.81. The second kappa shape index (κ2) is 9.77. The molecule has 0 radical (unpaired) electrons. The number of likely N-dealkylation sites (tertiary alicyclic amines) is 1. The Hall–Kier alpha value is -2.28. The number of aryl methyl sites for hydroxylation is 1. The number of hydrogen-bond donors (Lipinski definition) is 1. The molecular formula is C20H27N3O. The van der Waals surface area contributed by atoms with E-state index in [-0.39, 0.29) is 11.5 Å². The van der Waals surface area contributed by atoms with E-state index in [9.17, 15) is 10.1 Å². The van der Waals surface area contributed by atoms with Crippen molar-refractivity contribution in [1.82, 2.24) is 4.90 Å². The van der Waals surface area contributed by atoms with Crippen molar-refractivity contribution in [3.63, 3.8) is 0 Å². The summed E-state index contributed by atoms with van der Waals surface area (Å²) in [6, 6.07) is 9.92. The maximum atomic E-state index is 12.3. The van der Waals surface area contributed by atoms with Crippen LogP contribution in [0.4, 0.5) is 5.69 Å². The second-order valence-electron chi connectivity index (χ2n) is 6.36. The van der Waals surface area contributed by atoms with E-state index in [2.05, 4.69) is 17.1 Å². The molecule has 1 saturated heterocycles. The van der Waals surface area contributed by atoms with Gasteiger partial charge >= 0.3 is 0 Å². The van der Waals surface area contributed by atoms with Crippen molar-refractivity contribution in [2.24, 2.45) is 0 Å². The van der Waals surface area contributed by atoms with Crippen molar-refractivity contribution in [3.05, 3.63) is 41.6 Å². The number of nitrogens with one attached hydrogen (secondary N) is 1. The van der Waals surface area contributed by atoms with E-state index in [1.165, 1.54) is 31.2 Å². The summed E-state index contributed by atoms with van der Waals surface area (Å²) < 4.78 is 0. The van der Waals surface area contributed by atoms with Crippen molar-refractivity contribution in [2.75, 3.05) is 18.4 Å². The van der Waals surface area contributed by atoms with E-state index in [1.54, 1.807) is 6.20 Å². The van der Waals surface area contributed by atoms with Crippen LogP contribution in [0.5, 0.6) is 0 Å². The molecule has 0 aromatic heterocycles. The Bertz CT molecular complexity index is 590. The number of carbonyl (C=O) groups excluding carboxylic acids is 1. The number of nitrogens with zero attached hydrogens (tertiary/aromatic N) is 2. The SMILES string of the molecule is CCCCc1ccc(NC(=O)/C(C#N)=C\N2CCCCCC2)cc1. The van der Waals surface area contributed by atoms with Gasteiger partial charge in [0.2, 0.25) is 0 Å². The molecule has 0 spiro atoms. The van der Waals surface area contributed by atoms with Crippen LogP contribution in [0.2, 0.25) is 0 Å². The smallest absolute Gasteiger partial charge is 0.267 e. The van der Waals surface area contributed by atoms with Crippen LogP contribution in [0.25, 0.3) is 0 Å². The number of anilines is 1. The minimum Gasteiger partial charge on any atom is -0.376 e. The van der Waals surface area contributed by atoms with Gasteiger partial charge in [0.1, 0.15) is 11.6 Å². The molecule has 1 amide bonds. The number of unbranched alkanes of at least 4 members (excludes halogenated alkanes) is 1. The topological polar surface area (TPSA) is 56.1 Å². The molecule has 0 unspecified atom stereocenters. The molecular weight excluding hydrogens is 298 g/mol. The van der Waals surface area contributed by atoms with E-state index in [0.717, 1.165) is 38.0 Å². The average molecular weight is 325 g/mol. The van der Waals surface area contributed by atoms with Gasteiger partial charge in [0.15, 0.2) is 0 Å². The number of carbonyl (C=O) groups is 1. The van der Waals surface area contributed by atoms with Gasteiger partial charge in [-0.3, -0.25) is 4.79 Å². The standard InChI is InChI=1S/C20H27N3O/c1-2-3-8-17-9-11-19(12-10-17)22-20(24)18(15-21)16-23-13-6-4-5-7-14-23/h9-12,16H,2-8,13-14H2,1H3,(H,22,24)/b18-16-. The molecule has 1 heterocycles. The molecule has 1 fully saturated rings. The first-order valence-corrected chi connectivity index (χ1v) is 8.99. The highest BCUT2D eigenvalue weighted by Crippen LogP contribution is 2.14. The molecule has 2 rings (SSSR count). The third-order valence-electron chi connectivity index (χ3n) is 4.35. The highest BCUT2D eigenvalue weighted by molar-refractivity contribution is 6.06. The largest absolute Gasteiger partial charge is 0.376 e. The van der Waals surface area contributed by atoms with Crippen molar-refractivity contribution < 1.29 is 4.79 Å². The van der Waals surface area contributed by atoms with Gasteiger partial charge < -0.3 is 10.2 Å². The number of amides is 1. The van der Waals surface area contributed by atoms with Crippen LogP contribution in [-0.2, 0) is 11.2 Å². The Labute approximate surface area is 145 Å². The highest BCUT2D eigenvalue weighted by atomic mass is 16.1. The molecule has 0 aliphatic carbocycles. The summed E-state index contributed by atoms with van der Waals surface area (Å²) in [6.45, 7) is 4.02. The first-order valence-electron chi connectivity index (χ1n) is 8.99. The summed E-state index contributed by atoms with van der Waals surface area (Å²) in [5, 5.41) is 12.1. The maximum Gasteiger partial charge on any atom is 0.267 e. The first-order chi connectivity index (χ1) is 11.7. The van der Waals surface area contributed by atoms with E-state index < -0.39 is 0 Å². The lowest BCUT2D eigenvalue weighted by molar-refractivity contribution is -0.112. The van der Waals surface area contributed by atoms with Crippen LogP contribution in [0.1, 0.15) is 51.0 Å². The summed E-state index contributed by atoms with van der Waals surface area (Å²) in [5.74, 6) is -0.331. The molecule has 0 atom stereocenters. The lowest BCUT2D eigenvalue weighted by Gasteiger charge is -2.17. The van der Waals surface area contributed by atoms with Gasteiger partial charge in [-0.15, -0.1) is 0 Å². The van der Waals surface area contributed by atoms with Crippen molar-refractivity contribution in [1.29, 1.82) is 5.26 Å². The third-order valence-corrected chi connectivity index (χ3v) is 4.35. The summed E-state index contributed by atoms with van der Waals surface area (Å²) in [5.41, 5.74) is 2.18. The fraction of sp³-hybridized carbons (Fsp3) is 0.500. The van der Waals surface area contributed by atoms with Crippen molar-refractivity contribution >= 4 is 11.6 Å². The molecule has 128 valence electrons. The Kier molecular flexibility index (Phi) is 7.35. The Morgan fingerprint density at radius 3 is 2.46 bits per heavy atom. The van der Waals surface area contributed by atoms with Gasteiger partial charge in [0.05, 0.1) is 0 Å². The van der Waals surface area contributed by atoms with Gasteiger partial charge in [0, 0.05) is 25.0 Å². The van der Waals surface area contributed by atoms with Gasteiger partial charge in [-0.25, -0.2) is 0 Å². The molecule has 24 heavy (non-hydrogen) atoms. The molecule has 1 aliphatic rings. The fourth-order valence-corrected chi connectivity index (χ4v) is 2.88. The monoisotopic (exact) mass is 325 g/mol. The Balaban J connectivity index is 1.97. The van der Waals surface area contributed by atoms with Gasteiger partial charge in [-0.1, -0.05) is 38.3 Å². The lowest BCUT2D eigenvalue weighted by atomic mass is 10.1. The van der Waals surface area contributed by atoms with Crippen LogP contribution >= 0.6 is 0 Å². The Morgan fingerprint density at radius 1 is 1.21 bits per heavy atom. The zero-order valence-electron chi connectivity index (χ0n) is 14.6. The predicted molar refractivity (Wildman–Crippen MR) is 97.4 cm³/mol. The van der Waals surface area contributed by atoms with Crippen molar-refractivity contribution in [2.45, 2.75) is 51.9 Å². The van der Waals surface area contributed by atoms with Crippen LogP contribution in [0, 0.1) is 11.3 Å². The quantitative estimate of drug-likeness (QED) is 0.628. The van der Waals surface area contributed by atoms with E-state index in [1.807, 2.05) is 30.3 Å². The number of nitriles is 1. The van der Waals surface area contributed by atoms with Crippen LogP contribution < -0.4 is 5.32 Å². The minimum absolute atomic E-state index is 0.173. The lowest BCUT2D eigenvalue weighted by Crippen LogP contribution is -2.22. The summed E-state index contributed by atoms with van der Waals surface area (Å²) >= 11 is 0. The molecule has 0 bridgehead atoms. The highest BCUT2D eigenvalue weighted by Gasteiger charge is 2.13. The van der Waals surface area contributed by atoms with Gasteiger partial charge in [-0.05, 0) is 43.4 Å². The minimum atomic E-state index is -0.331. The molecule has 4 heteroatoms. The first kappa shape index (κ1) is 18.1. The van der Waals surface area contributed by atoms with E-state index >= 15 is 0 Å². The number of hydrogen-bond acceptors (Lipinski definition) is 3. The van der Waals surface area contributed by atoms with Gasteiger partial charge in [0.25, 0.3) is 5.91 Å². The number of rotatable bonds is 6. The molecule has 1 N–H and O–H groups in total. The summed E-state index contributed by atoms with van der Waals surface area (Å²) in [4.78, 5) is 14.4. The zero-order valence-corrected chi connectivity index (χ0v) is 14.6. The maximum absolute atomic E-state index is 12.3. The molecule has 1 aromatic rings. The van der Waals surface area contributed by atoms with Crippen LogP contribution in [0.3, 0.4) is 0 Å². The Morgan fingerprint density at radius 2 is 1.88 bits per heavy atom. The molecule has 1 aromatic carbocycles. The molecule has 1 aliphatic heterocycles. The predicted octanol–water partition coefficient (Wildman–Crippen LogP) is 4.25. The second-order valence-corrected chi connectivity index (χ2v) is 6.36. The van der Waals surface area contributed by atoms with Crippen LogP contribution in [-0.4, -0.2) is 23.9 Å². The number of benzene rings is 1. The zero-order chi connectivity index (χ0) is 17.2.